The summed E-state index contributed by atoms with van der Waals surface area (Å²) in [6, 6.07) is 65.5. The smallest absolute Gasteiger partial charge is 0.238 e. The van der Waals surface area contributed by atoms with Gasteiger partial charge in [-0.15, -0.1) is 0 Å². The first-order valence-electron chi connectivity index (χ1n) is 19.1. The van der Waals surface area contributed by atoms with Crippen LogP contribution in [0, 0.1) is 0 Å². The van der Waals surface area contributed by atoms with Gasteiger partial charge in [0.05, 0.1) is 33.1 Å². The number of hydrogen-bond donors (Lipinski definition) is 0. The molecule has 0 aliphatic heterocycles. The van der Waals surface area contributed by atoms with E-state index in [1.165, 1.54) is 21.9 Å². The number of para-hydroxylation sites is 3. The highest BCUT2D eigenvalue weighted by molar-refractivity contribution is 6.18. The van der Waals surface area contributed by atoms with E-state index in [1.807, 2.05) is 36.4 Å². The lowest BCUT2D eigenvalue weighted by atomic mass is 9.99. The van der Waals surface area contributed by atoms with Gasteiger partial charge in [0.15, 0.2) is 11.6 Å². The van der Waals surface area contributed by atoms with E-state index in [1.54, 1.807) is 0 Å². The molecule has 0 N–H and O–H groups in total. The summed E-state index contributed by atoms with van der Waals surface area (Å²) in [5, 5.41) is 6.74. The van der Waals surface area contributed by atoms with Gasteiger partial charge in [-0.2, -0.15) is 9.97 Å². The largest absolute Gasteiger partial charge is 0.456 e. The molecule has 0 bridgehead atoms. The van der Waals surface area contributed by atoms with Gasteiger partial charge < -0.3 is 8.98 Å². The Morgan fingerprint density at radius 3 is 1.65 bits per heavy atom. The van der Waals surface area contributed by atoms with Crippen molar-refractivity contribution in [3.63, 3.8) is 0 Å². The van der Waals surface area contributed by atoms with Crippen LogP contribution in [0.25, 0.3) is 111 Å². The molecule has 0 atom stereocenters. The first kappa shape index (κ1) is 31.5. The summed E-state index contributed by atoms with van der Waals surface area (Å²) in [7, 11) is 0. The van der Waals surface area contributed by atoms with Crippen LogP contribution < -0.4 is 0 Å². The van der Waals surface area contributed by atoms with Gasteiger partial charge in [0.25, 0.3) is 0 Å². The van der Waals surface area contributed by atoms with E-state index in [9.17, 15) is 0 Å². The van der Waals surface area contributed by atoms with E-state index in [-0.39, 0.29) is 0 Å². The number of nitrogens with zero attached hydrogens (tertiary/aromatic N) is 5. The summed E-state index contributed by atoms with van der Waals surface area (Å²) in [6.45, 7) is 0. The molecule has 0 saturated carbocycles. The van der Waals surface area contributed by atoms with E-state index >= 15 is 0 Å². The average Bonchev–Trinajstić information content (AvgIpc) is 3.94. The van der Waals surface area contributed by atoms with E-state index in [0.29, 0.717) is 17.6 Å². The Bertz CT molecular complexity index is 3470. The number of aromatic nitrogens is 5. The summed E-state index contributed by atoms with van der Waals surface area (Å²) in [5.74, 6) is 1.75. The van der Waals surface area contributed by atoms with Crippen molar-refractivity contribution >= 4 is 65.6 Å². The van der Waals surface area contributed by atoms with E-state index in [4.69, 9.17) is 19.4 Å². The van der Waals surface area contributed by atoms with Gasteiger partial charge in [-0.25, -0.2) is 4.98 Å². The van der Waals surface area contributed by atoms with Gasteiger partial charge in [-0.3, -0.25) is 4.57 Å². The van der Waals surface area contributed by atoms with Gasteiger partial charge >= 0.3 is 0 Å². The van der Waals surface area contributed by atoms with Crippen LogP contribution in [0.3, 0.4) is 0 Å². The second kappa shape index (κ2) is 12.3. The highest BCUT2D eigenvalue weighted by atomic mass is 16.3. The third-order valence-electron chi connectivity index (χ3n) is 11.2. The van der Waals surface area contributed by atoms with Crippen molar-refractivity contribution in [1.29, 1.82) is 0 Å². The van der Waals surface area contributed by atoms with Crippen molar-refractivity contribution in [3.05, 3.63) is 188 Å². The van der Waals surface area contributed by atoms with Gasteiger partial charge in [-0.1, -0.05) is 133 Å². The molecule has 0 saturated heterocycles. The molecule has 12 aromatic rings. The molecule has 0 unspecified atom stereocenters. The molecule has 0 spiro atoms. The number of benzene rings is 8. The van der Waals surface area contributed by atoms with Gasteiger partial charge in [-0.05, 0) is 65.7 Å². The average molecular weight is 730 g/mol. The van der Waals surface area contributed by atoms with Gasteiger partial charge in [0, 0.05) is 38.1 Å². The molecule has 12 rings (SSSR count). The first-order chi connectivity index (χ1) is 28.3. The molecular formula is C51H31N5O. The van der Waals surface area contributed by atoms with E-state index in [0.717, 1.165) is 71.6 Å². The maximum atomic E-state index is 6.60. The number of furan rings is 1. The maximum absolute atomic E-state index is 6.60. The fourth-order valence-electron chi connectivity index (χ4n) is 8.72. The molecule has 0 amide bonds. The Morgan fingerprint density at radius 2 is 0.930 bits per heavy atom. The third-order valence-corrected chi connectivity index (χ3v) is 11.2. The topological polar surface area (TPSA) is 61.7 Å². The van der Waals surface area contributed by atoms with Crippen LogP contribution in [0.5, 0.6) is 0 Å². The van der Waals surface area contributed by atoms with E-state index < -0.39 is 0 Å². The molecule has 0 aliphatic carbocycles. The van der Waals surface area contributed by atoms with Crippen LogP contribution in [-0.2, 0) is 0 Å². The number of rotatable bonds is 5. The van der Waals surface area contributed by atoms with Crippen molar-refractivity contribution in [2.45, 2.75) is 0 Å². The quantitative estimate of drug-likeness (QED) is 0.177. The lowest BCUT2D eigenvalue weighted by Crippen LogP contribution is -2.06. The zero-order valence-corrected chi connectivity index (χ0v) is 30.5. The Kier molecular flexibility index (Phi) is 6.83. The van der Waals surface area contributed by atoms with E-state index in [2.05, 4.69) is 161 Å². The fraction of sp³-hybridized carbons (Fsp3) is 0. The Morgan fingerprint density at radius 1 is 0.351 bits per heavy atom. The molecule has 4 aromatic heterocycles. The predicted molar refractivity (Wildman–Crippen MR) is 232 cm³/mol. The molecule has 0 fully saturated rings. The molecule has 0 radical (unpaired) electrons. The molecule has 266 valence electrons. The van der Waals surface area contributed by atoms with Crippen LogP contribution in [0.1, 0.15) is 0 Å². The second-order valence-electron chi connectivity index (χ2n) is 14.4. The molecule has 6 heteroatoms. The first-order valence-corrected chi connectivity index (χ1v) is 19.1. The highest BCUT2D eigenvalue weighted by Gasteiger charge is 2.22. The maximum Gasteiger partial charge on any atom is 0.238 e. The lowest BCUT2D eigenvalue weighted by molar-refractivity contribution is 0.669. The van der Waals surface area contributed by atoms with Crippen molar-refractivity contribution in [3.8, 4) is 45.5 Å². The summed E-state index contributed by atoms with van der Waals surface area (Å²) in [4.78, 5) is 15.5. The van der Waals surface area contributed by atoms with Crippen LogP contribution in [0.15, 0.2) is 192 Å². The lowest BCUT2D eigenvalue weighted by Gasteiger charge is -2.11. The van der Waals surface area contributed by atoms with Crippen LogP contribution >= 0.6 is 0 Å². The molecular weight excluding hydrogens is 699 g/mol. The highest BCUT2D eigenvalue weighted by Crippen LogP contribution is 2.42. The van der Waals surface area contributed by atoms with Crippen molar-refractivity contribution in [2.75, 3.05) is 0 Å². The minimum Gasteiger partial charge on any atom is -0.456 e. The Labute approximate surface area is 326 Å². The minimum atomic E-state index is 0.564. The Hall–Kier alpha value is -7.83. The fourth-order valence-corrected chi connectivity index (χ4v) is 8.72. The Balaban J connectivity index is 1.11. The third kappa shape index (κ3) is 4.81. The summed E-state index contributed by atoms with van der Waals surface area (Å²) in [5.41, 5.74) is 11.2. The number of fused-ring (bicyclic) bond motifs is 9. The minimum absolute atomic E-state index is 0.564. The SMILES string of the molecule is c1ccc(-c2nc(-c3ccc4oc5cccc(-n6c7ccccc7c7c(-c8ccccc8)cccc76)c5c4c3)nc(-n3c4ccccc4c4ccccc43)n2)cc1. The predicted octanol–water partition coefficient (Wildman–Crippen LogP) is 13.0. The normalized spacial score (nSPS) is 11.9. The zero-order chi connectivity index (χ0) is 37.5. The van der Waals surface area contributed by atoms with Crippen LogP contribution in [-0.4, -0.2) is 24.1 Å². The second-order valence-corrected chi connectivity index (χ2v) is 14.4. The summed E-state index contributed by atoms with van der Waals surface area (Å²) in [6.07, 6.45) is 0. The molecule has 8 aromatic carbocycles. The molecule has 0 aliphatic rings. The summed E-state index contributed by atoms with van der Waals surface area (Å²) >= 11 is 0. The molecule has 4 heterocycles. The van der Waals surface area contributed by atoms with Crippen molar-refractivity contribution < 1.29 is 4.42 Å². The molecule has 6 nitrogen and oxygen atoms in total. The number of hydrogen-bond acceptors (Lipinski definition) is 4. The summed E-state index contributed by atoms with van der Waals surface area (Å²) < 4.78 is 11.1. The van der Waals surface area contributed by atoms with Crippen molar-refractivity contribution in [1.82, 2.24) is 24.1 Å². The molecule has 57 heavy (non-hydrogen) atoms. The van der Waals surface area contributed by atoms with Crippen LogP contribution in [0.4, 0.5) is 0 Å². The standard InChI is InChI=1S/C51H31N5O/c1-3-15-32(16-4-1)35-22-13-26-43-47(35)38-21-9-12-25-42(38)55(43)44-27-14-28-46-48(44)39-31-34(29-30-45(39)57-46)50-52-49(33-17-5-2-6-18-33)53-51(54-50)56-40-23-10-7-19-36(40)37-20-8-11-24-41(37)56/h1-31H. The zero-order valence-electron chi connectivity index (χ0n) is 30.5. The van der Waals surface area contributed by atoms with Gasteiger partial charge in [0.1, 0.15) is 11.2 Å². The van der Waals surface area contributed by atoms with Crippen molar-refractivity contribution in [2.24, 2.45) is 0 Å². The monoisotopic (exact) mass is 729 g/mol. The van der Waals surface area contributed by atoms with Gasteiger partial charge in [0.2, 0.25) is 5.95 Å². The van der Waals surface area contributed by atoms with Crippen LogP contribution in [0.2, 0.25) is 0 Å².